The number of ether oxygens (including phenoxy) is 1. The van der Waals surface area contributed by atoms with Gasteiger partial charge >= 0.3 is 0 Å². The summed E-state index contributed by atoms with van der Waals surface area (Å²) >= 11 is 12.0. The molecule has 1 saturated heterocycles. The minimum atomic E-state index is -0.0327. The number of carbonyl (C=O) groups excluding carboxylic acids is 1. The van der Waals surface area contributed by atoms with Gasteiger partial charge in [-0.3, -0.25) is 4.79 Å². The average Bonchev–Trinajstić information content (AvgIpc) is 2.68. The van der Waals surface area contributed by atoms with E-state index in [0.29, 0.717) is 36.2 Å². The Kier molecular flexibility index (Phi) is 6.92. The highest BCUT2D eigenvalue weighted by atomic mass is 35.5. The van der Waals surface area contributed by atoms with Crippen LogP contribution in [0.5, 0.6) is 0 Å². The summed E-state index contributed by atoms with van der Waals surface area (Å²) in [4.78, 5) is 12.0. The summed E-state index contributed by atoms with van der Waals surface area (Å²) < 4.78 is 5.87. The number of amides is 1. The summed E-state index contributed by atoms with van der Waals surface area (Å²) in [6, 6.07) is 15.7. The van der Waals surface area contributed by atoms with E-state index in [-0.39, 0.29) is 18.1 Å². The first-order valence-corrected chi connectivity index (χ1v) is 9.48. The average molecular weight is 393 g/mol. The lowest BCUT2D eigenvalue weighted by atomic mass is 10.1. The van der Waals surface area contributed by atoms with Crippen LogP contribution in [0.1, 0.15) is 23.6 Å². The molecule has 0 radical (unpaired) electrons. The van der Waals surface area contributed by atoms with E-state index in [4.69, 9.17) is 27.9 Å². The van der Waals surface area contributed by atoms with E-state index in [2.05, 4.69) is 10.6 Å². The molecule has 1 aliphatic rings. The van der Waals surface area contributed by atoms with Crippen molar-refractivity contribution in [3.8, 4) is 0 Å². The van der Waals surface area contributed by atoms with E-state index in [0.717, 1.165) is 12.0 Å². The zero-order valence-corrected chi connectivity index (χ0v) is 15.9. The molecule has 2 unspecified atom stereocenters. The summed E-state index contributed by atoms with van der Waals surface area (Å²) in [5, 5.41) is 7.47. The van der Waals surface area contributed by atoms with Crippen LogP contribution in [-0.4, -0.2) is 31.7 Å². The number of rotatable bonds is 6. The molecule has 2 aromatic carbocycles. The van der Waals surface area contributed by atoms with Crippen LogP contribution < -0.4 is 10.6 Å². The van der Waals surface area contributed by atoms with E-state index in [9.17, 15) is 4.79 Å². The molecule has 1 fully saturated rings. The van der Waals surface area contributed by atoms with Crippen molar-refractivity contribution in [3.05, 3.63) is 69.7 Å². The highest BCUT2D eigenvalue weighted by Crippen LogP contribution is 2.26. The Morgan fingerprint density at radius 1 is 1.15 bits per heavy atom. The van der Waals surface area contributed by atoms with Crippen LogP contribution in [0.3, 0.4) is 0 Å². The Morgan fingerprint density at radius 2 is 1.96 bits per heavy atom. The Balaban J connectivity index is 1.38. The third-order valence-corrected chi connectivity index (χ3v) is 5.19. The topological polar surface area (TPSA) is 50.4 Å². The molecule has 1 amide bonds. The molecule has 0 aliphatic carbocycles. The van der Waals surface area contributed by atoms with E-state index in [1.54, 1.807) is 6.07 Å². The fraction of sp³-hybridized carbons (Fsp3) is 0.350. The lowest BCUT2D eigenvalue weighted by Gasteiger charge is -2.31. The number of hydrogen-bond acceptors (Lipinski definition) is 3. The number of halogens is 2. The molecule has 1 heterocycles. The van der Waals surface area contributed by atoms with Gasteiger partial charge in [-0.15, -0.1) is 0 Å². The zero-order valence-electron chi connectivity index (χ0n) is 14.4. The molecule has 6 heteroatoms. The maximum absolute atomic E-state index is 12.0. The molecule has 2 atom stereocenters. The van der Waals surface area contributed by atoms with Crippen LogP contribution >= 0.6 is 23.2 Å². The zero-order chi connectivity index (χ0) is 18.4. The van der Waals surface area contributed by atoms with Crippen LogP contribution in [0, 0.1) is 0 Å². The van der Waals surface area contributed by atoms with Gasteiger partial charge in [0.15, 0.2) is 0 Å². The first-order chi connectivity index (χ1) is 12.6. The van der Waals surface area contributed by atoms with Crippen molar-refractivity contribution < 1.29 is 9.53 Å². The van der Waals surface area contributed by atoms with Crippen molar-refractivity contribution >= 4 is 29.1 Å². The maximum Gasteiger partial charge on any atom is 0.220 e. The van der Waals surface area contributed by atoms with Crippen molar-refractivity contribution in [3.63, 3.8) is 0 Å². The summed E-state index contributed by atoms with van der Waals surface area (Å²) in [5.74, 6) is 0.0454. The minimum Gasteiger partial charge on any atom is -0.373 e. The van der Waals surface area contributed by atoms with Gasteiger partial charge in [-0.05, 0) is 29.7 Å². The first kappa shape index (κ1) is 19.2. The van der Waals surface area contributed by atoms with Gasteiger partial charge in [0.2, 0.25) is 5.91 Å². The van der Waals surface area contributed by atoms with E-state index < -0.39 is 0 Å². The molecule has 0 bridgehead atoms. The summed E-state index contributed by atoms with van der Waals surface area (Å²) in [6.45, 7) is 1.71. The largest absolute Gasteiger partial charge is 0.373 e. The third-order valence-electron chi connectivity index (χ3n) is 4.45. The highest BCUT2D eigenvalue weighted by Gasteiger charge is 2.23. The maximum atomic E-state index is 12.0. The highest BCUT2D eigenvalue weighted by molar-refractivity contribution is 6.42. The molecule has 26 heavy (non-hydrogen) atoms. The fourth-order valence-corrected chi connectivity index (χ4v) is 3.22. The molecular formula is C20H22Cl2N2O2. The van der Waals surface area contributed by atoms with Gasteiger partial charge < -0.3 is 15.4 Å². The molecule has 0 saturated carbocycles. The SMILES string of the molecule is O=C(CCc1ccccc1)NCC1CNC(c2ccc(Cl)c(Cl)c2)CO1. The van der Waals surface area contributed by atoms with Gasteiger partial charge in [0.05, 0.1) is 28.8 Å². The van der Waals surface area contributed by atoms with Crippen LogP contribution in [0.2, 0.25) is 10.0 Å². The summed E-state index contributed by atoms with van der Waals surface area (Å²) in [5.41, 5.74) is 2.22. The molecule has 2 N–H and O–H groups in total. The van der Waals surface area contributed by atoms with Gasteiger partial charge in [0.1, 0.15) is 0 Å². The van der Waals surface area contributed by atoms with Crippen LogP contribution in [-0.2, 0) is 16.0 Å². The molecule has 2 aromatic rings. The van der Waals surface area contributed by atoms with E-state index in [1.165, 1.54) is 5.56 Å². The molecule has 3 rings (SSSR count). The number of morpholine rings is 1. The molecule has 1 aliphatic heterocycles. The predicted molar refractivity (Wildman–Crippen MR) is 105 cm³/mol. The number of benzene rings is 2. The smallest absolute Gasteiger partial charge is 0.220 e. The lowest BCUT2D eigenvalue weighted by Crippen LogP contribution is -2.46. The van der Waals surface area contributed by atoms with Crippen molar-refractivity contribution in [2.45, 2.75) is 25.0 Å². The second-order valence-electron chi connectivity index (χ2n) is 6.38. The number of nitrogens with one attached hydrogen (secondary N) is 2. The van der Waals surface area contributed by atoms with Crippen molar-refractivity contribution in [2.75, 3.05) is 19.7 Å². The number of carbonyl (C=O) groups is 1. The van der Waals surface area contributed by atoms with Crippen molar-refractivity contribution in [1.82, 2.24) is 10.6 Å². The van der Waals surface area contributed by atoms with E-state index >= 15 is 0 Å². The Morgan fingerprint density at radius 3 is 2.65 bits per heavy atom. The van der Waals surface area contributed by atoms with Gasteiger partial charge in [-0.25, -0.2) is 0 Å². The predicted octanol–water partition coefficient (Wildman–Crippen LogP) is 3.77. The monoisotopic (exact) mass is 392 g/mol. The molecule has 0 spiro atoms. The quantitative estimate of drug-likeness (QED) is 0.786. The molecule has 4 nitrogen and oxygen atoms in total. The number of hydrogen-bond donors (Lipinski definition) is 2. The molecule has 138 valence electrons. The minimum absolute atomic E-state index is 0.0327. The Hall–Kier alpha value is -1.59. The van der Waals surface area contributed by atoms with E-state index in [1.807, 2.05) is 42.5 Å². The van der Waals surface area contributed by atoms with Crippen LogP contribution in [0.25, 0.3) is 0 Å². The molecular weight excluding hydrogens is 371 g/mol. The van der Waals surface area contributed by atoms with Crippen LogP contribution in [0.4, 0.5) is 0 Å². The molecule has 0 aromatic heterocycles. The lowest BCUT2D eigenvalue weighted by molar-refractivity contribution is -0.122. The van der Waals surface area contributed by atoms with Gasteiger partial charge in [0, 0.05) is 19.5 Å². The van der Waals surface area contributed by atoms with Crippen molar-refractivity contribution in [2.24, 2.45) is 0 Å². The van der Waals surface area contributed by atoms with Gasteiger partial charge in [-0.1, -0.05) is 59.6 Å². The Bertz CT molecular complexity index is 732. The van der Waals surface area contributed by atoms with Gasteiger partial charge in [0.25, 0.3) is 0 Å². The second-order valence-corrected chi connectivity index (χ2v) is 7.19. The summed E-state index contributed by atoms with van der Waals surface area (Å²) in [7, 11) is 0. The standard InChI is InChI=1S/C20H22Cl2N2O2/c21-17-8-7-15(10-18(17)22)19-13-26-16(11-23-19)12-24-20(25)9-6-14-4-2-1-3-5-14/h1-5,7-8,10,16,19,23H,6,9,11-13H2,(H,24,25). The van der Waals surface area contributed by atoms with Crippen LogP contribution in [0.15, 0.2) is 48.5 Å². The third kappa shape index (κ3) is 5.45. The summed E-state index contributed by atoms with van der Waals surface area (Å²) in [6.07, 6.45) is 1.20. The Labute approximate surface area is 163 Å². The fourth-order valence-electron chi connectivity index (χ4n) is 2.92. The second kappa shape index (κ2) is 9.38. The van der Waals surface area contributed by atoms with Crippen molar-refractivity contribution in [1.29, 1.82) is 0 Å². The number of aryl methyl sites for hydroxylation is 1. The normalized spacial score (nSPS) is 19.9. The van der Waals surface area contributed by atoms with Gasteiger partial charge in [-0.2, -0.15) is 0 Å². The first-order valence-electron chi connectivity index (χ1n) is 8.72.